The van der Waals surface area contributed by atoms with Crippen LogP contribution in [0.1, 0.15) is 58.4 Å². The van der Waals surface area contributed by atoms with Gasteiger partial charge in [0.1, 0.15) is 18.0 Å². The van der Waals surface area contributed by atoms with Gasteiger partial charge < -0.3 is 10.2 Å². The lowest BCUT2D eigenvalue weighted by molar-refractivity contribution is 0.713. The predicted molar refractivity (Wildman–Crippen MR) is 80.9 cm³/mol. The van der Waals surface area contributed by atoms with Crippen LogP contribution >= 0.6 is 0 Å². The van der Waals surface area contributed by atoms with Crippen LogP contribution in [-0.4, -0.2) is 29.1 Å². The monoisotopic (exact) mass is 262 g/mol. The summed E-state index contributed by atoms with van der Waals surface area (Å²) in [5, 5.41) is 3.45. The summed E-state index contributed by atoms with van der Waals surface area (Å²) < 4.78 is 0. The fourth-order valence-corrected chi connectivity index (χ4v) is 2.78. The molecule has 1 unspecified atom stereocenters. The Balaban J connectivity index is 2.36. The minimum absolute atomic E-state index is 0.434. The molecule has 1 saturated heterocycles. The van der Waals surface area contributed by atoms with Crippen molar-refractivity contribution in [3.05, 3.63) is 11.9 Å². The lowest BCUT2D eigenvalue weighted by Crippen LogP contribution is -2.29. The molecule has 106 valence electrons. The van der Waals surface area contributed by atoms with Crippen molar-refractivity contribution < 1.29 is 0 Å². The Morgan fingerprint density at radius 1 is 1.42 bits per heavy atom. The van der Waals surface area contributed by atoms with Crippen LogP contribution in [0.5, 0.6) is 0 Å². The van der Waals surface area contributed by atoms with Crippen molar-refractivity contribution in [3.63, 3.8) is 0 Å². The molecule has 2 rings (SSSR count). The molecule has 1 N–H and O–H groups in total. The second-order valence-electron chi connectivity index (χ2n) is 5.73. The van der Waals surface area contributed by atoms with Gasteiger partial charge in [-0.25, -0.2) is 9.97 Å². The molecule has 1 aromatic rings. The first kappa shape index (κ1) is 14.1. The molecule has 1 aliphatic heterocycles. The number of hydrogen-bond acceptors (Lipinski definition) is 4. The molecule has 0 spiro atoms. The molecule has 4 nitrogen and oxygen atoms in total. The highest BCUT2D eigenvalue weighted by molar-refractivity contribution is 5.61. The highest BCUT2D eigenvalue weighted by Gasteiger charge is 2.26. The van der Waals surface area contributed by atoms with E-state index >= 15 is 0 Å². The molecule has 4 heteroatoms. The van der Waals surface area contributed by atoms with Gasteiger partial charge in [-0.05, 0) is 32.1 Å². The van der Waals surface area contributed by atoms with Gasteiger partial charge in [-0.3, -0.25) is 0 Å². The molecular formula is C15H26N4. The van der Waals surface area contributed by atoms with Crippen LogP contribution in [0.3, 0.4) is 0 Å². The molecule has 1 aliphatic rings. The number of hydrogen-bond donors (Lipinski definition) is 1. The Morgan fingerprint density at radius 3 is 2.79 bits per heavy atom. The van der Waals surface area contributed by atoms with Gasteiger partial charge in [0.2, 0.25) is 0 Å². The summed E-state index contributed by atoms with van der Waals surface area (Å²) in [6.45, 7) is 11.0. The van der Waals surface area contributed by atoms with E-state index in [1.165, 1.54) is 18.4 Å². The van der Waals surface area contributed by atoms with E-state index in [9.17, 15) is 0 Å². The maximum absolute atomic E-state index is 4.58. The van der Waals surface area contributed by atoms with Crippen molar-refractivity contribution in [3.8, 4) is 0 Å². The van der Waals surface area contributed by atoms with Crippen LogP contribution in [0.2, 0.25) is 0 Å². The summed E-state index contributed by atoms with van der Waals surface area (Å²) in [6.07, 6.45) is 5.33. The van der Waals surface area contributed by atoms with Crippen LogP contribution in [0, 0.1) is 0 Å². The molecule has 2 heterocycles. The molecular weight excluding hydrogens is 236 g/mol. The Labute approximate surface area is 116 Å². The van der Waals surface area contributed by atoms with Crippen LogP contribution in [0.4, 0.5) is 11.6 Å². The number of anilines is 2. The minimum atomic E-state index is 0.434. The van der Waals surface area contributed by atoms with Crippen molar-refractivity contribution in [2.75, 3.05) is 23.3 Å². The molecule has 0 radical (unpaired) electrons. The van der Waals surface area contributed by atoms with Crippen LogP contribution in [-0.2, 0) is 0 Å². The van der Waals surface area contributed by atoms with Gasteiger partial charge in [-0.15, -0.1) is 0 Å². The zero-order chi connectivity index (χ0) is 13.8. The average molecular weight is 262 g/mol. The van der Waals surface area contributed by atoms with Gasteiger partial charge in [0.15, 0.2) is 0 Å². The summed E-state index contributed by atoms with van der Waals surface area (Å²) in [6, 6.07) is 0.589. The maximum Gasteiger partial charge on any atom is 0.137 e. The first-order valence-corrected chi connectivity index (χ1v) is 7.50. The third-order valence-corrected chi connectivity index (χ3v) is 3.81. The van der Waals surface area contributed by atoms with Crippen molar-refractivity contribution in [1.29, 1.82) is 0 Å². The second kappa shape index (κ2) is 6.22. The quantitative estimate of drug-likeness (QED) is 0.883. The summed E-state index contributed by atoms with van der Waals surface area (Å²) in [7, 11) is 0. The summed E-state index contributed by atoms with van der Waals surface area (Å²) >= 11 is 0. The summed E-state index contributed by atoms with van der Waals surface area (Å²) in [5.74, 6) is 2.58. The topological polar surface area (TPSA) is 41.1 Å². The first-order valence-electron chi connectivity index (χ1n) is 7.50. The summed E-state index contributed by atoms with van der Waals surface area (Å²) in [4.78, 5) is 11.5. The molecule has 19 heavy (non-hydrogen) atoms. The second-order valence-corrected chi connectivity index (χ2v) is 5.73. The van der Waals surface area contributed by atoms with Crippen LogP contribution < -0.4 is 10.2 Å². The Hall–Kier alpha value is -1.32. The van der Waals surface area contributed by atoms with Gasteiger partial charge in [0, 0.05) is 24.7 Å². The number of rotatable bonds is 5. The highest BCUT2D eigenvalue weighted by Crippen LogP contribution is 2.34. The Kier molecular flexibility index (Phi) is 4.61. The number of nitrogens with zero attached hydrogens (tertiary/aromatic N) is 3. The Morgan fingerprint density at radius 2 is 2.21 bits per heavy atom. The van der Waals surface area contributed by atoms with E-state index in [4.69, 9.17) is 0 Å². The van der Waals surface area contributed by atoms with Crippen molar-refractivity contribution in [2.45, 2.75) is 58.9 Å². The predicted octanol–water partition coefficient (Wildman–Crippen LogP) is 3.41. The summed E-state index contributed by atoms with van der Waals surface area (Å²) in [5.41, 5.74) is 1.27. The maximum atomic E-state index is 4.58. The SMILES string of the molecule is CCCNc1ncnc(N2CCCC2C)c1C(C)C. The first-order chi connectivity index (χ1) is 9.15. The highest BCUT2D eigenvalue weighted by atomic mass is 15.2. The molecule has 0 aromatic carbocycles. The normalized spacial score (nSPS) is 19.2. The molecule has 1 atom stereocenters. The van der Waals surface area contributed by atoms with E-state index in [-0.39, 0.29) is 0 Å². The number of nitrogens with one attached hydrogen (secondary N) is 1. The van der Waals surface area contributed by atoms with Crippen molar-refractivity contribution in [2.24, 2.45) is 0 Å². The van der Waals surface area contributed by atoms with Crippen LogP contribution in [0.15, 0.2) is 6.33 Å². The average Bonchev–Trinajstić information content (AvgIpc) is 2.81. The van der Waals surface area contributed by atoms with E-state index in [0.717, 1.165) is 31.1 Å². The Bertz CT molecular complexity index is 417. The minimum Gasteiger partial charge on any atom is -0.370 e. The lowest BCUT2D eigenvalue weighted by atomic mass is 10.0. The van der Waals surface area contributed by atoms with E-state index in [2.05, 4.69) is 47.9 Å². The molecule has 0 saturated carbocycles. The van der Waals surface area contributed by atoms with Gasteiger partial charge in [0.25, 0.3) is 0 Å². The lowest BCUT2D eigenvalue weighted by Gasteiger charge is -2.27. The largest absolute Gasteiger partial charge is 0.370 e. The van der Waals surface area contributed by atoms with Gasteiger partial charge in [0.05, 0.1) is 0 Å². The van der Waals surface area contributed by atoms with Crippen molar-refractivity contribution >= 4 is 11.6 Å². The van der Waals surface area contributed by atoms with Gasteiger partial charge >= 0.3 is 0 Å². The van der Waals surface area contributed by atoms with E-state index in [0.29, 0.717) is 12.0 Å². The molecule has 1 aromatic heterocycles. The van der Waals surface area contributed by atoms with Gasteiger partial charge in [-0.1, -0.05) is 20.8 Å². The smallest absolute Gasteiger partial charge is 0.137 e. The third-order valence-electron chi connectivity index (χ3n) is 3.81. The van der Waals surface area contributed by atoms with E-state index in [1.54, 1.807) is 6.33 Å². The molecule has 0 bridgehead atoms. The fourth-order valence-electron chi connectivity index (χ4n) is 2.78. The van der Waals surface area contributed by atoms with E-state index in [1.807, 2.05) is 0 Å². The zero-order valence-electron chi connectivity index (χ0n) is 12.6. The van der Waals surface area contributed by atoms with Crippen LogP contribution in [0.25, 0.3) is 0 Å². The fraction of sp³-hybridized carbons (Fsp3) is 0.733. The molecule has 1 fully saturated rings. The standard InChI is InChI=1S/C15H26N4/c1-5-8-16-14-13(11(2)3)15(18-10-17-14)19-9-6-7-12(19)4/h10-12H,5-9H2,1-4H3,(H,16,17,18). The molecule has 0 amide bonds. The van der Waals surface area contributed by atoms with Crippen molar-refractivity contribution in [1.82, 2.24) is 9.97 Å². The van der Waals surface area contributed by atoms with Gasteiger partial charge in [-0.2, -0.15) is 0 Å². The third kappa shape index (κ3) is 2.99. The molecule has 0 aliphatic carbocycles. The zero-order valence-corrected chi connectivity index (χ0v) is 12.6. The number of aromatic nitrogens is 2. The van der Waals surface area contributed by atoms with E-state index < -0.39 is 0 Å².